The molecule has 0 saturated heterocycles. The van der Waals surface area contributed by atoms with E-state index in [0.29, 0.717) is 16.6 Å². The minimum Gasteiger partial charge on any atom is -0.489 e. The second kappa shape index (κ2) is 6.00. The molecule has 2 aromatic carbocycles. The molecule has 0 radical (unpaired) electrons. The number of aromatic nitrogens is 3. The summed E-state index contributed by atoms with van der Waals surface area (Å²) in [7, 11) is 0. The Labute approximate surface area is 147 Å². The molecular weight excluding hydrogens is 339 g/mol. The van der Waals surface area contributed by atoms with Crippen LogP contribution >= 0.6 is 11.3 Å². The molecule has 0 fully saturated rings. The largest absolute Gasteiger partial charge is 0.489 e. The van der Waals surface area contributed by atoms with Crippen LogP contribution in [0, 0.1) is 12.7 Å². The van der Waals surface area contributed by atoms with Crippen molar-refractivity contribution in [2.24, 2.45) is 0 Å². The summed E-state index contributed by atoms with van der Waals surface area (Å²) >= 11 is 1.50. The van der Waals surface area contributed by atoms with Crippen LogP contribution in [0.25, 0.3) is 21.3 Å². The summed E-state index contributed by atoms with van der Waals surface area (Å²) in [5.74, 6) is 1.12. The molecule has 2 N–H and O–H groups in total. The van der Waals surface area contributed by atoms with Gasteiger partial charge in [-0.1, -0.05) is 11.3 Å². The number of imidazole rings is 1. The van der Waals surface area contributed by atoms with Gasteiger partial charge in [0.05, 0.1) is 27.5 Å². The summed E-state index contributed by atoms with van der Waals surface area (Å²) in [6.45, 7) is 5.78. The van der Waals surface area contributed by atoms with Crippen LogP contribution in [0.2, 0.25) is 0 Å². The molecule has 0 saturated carbocycles. The molecular formula is C18H17FN4OS. The number of rotatable bonds is 4. The van der Waals surface area contributed by atoms with Crippen molar-refractivity contribution in [3.63, 3.8) is 0 Å². The molecule has 0 aliphatic heterocycles. The summed E-state index contributed by atoms with van der Waals surface area (Å²) in [5, 5.41) is 3.86. The molecule has 0 unspecified atom stereocenters. The number of nitrogens with one attached hydrogen (secondary N) is 2. The number of halogens is 1. The van der Waals surface area contributed by atoms with E-state index in [1.54, 1.807) is 6.07 Å². The van der Waals surface area contributed by atoms with E-state index in [1.807, 2.05) is 32.9 Å². The van der Waals surface area contributed by atoms with E-state index in [-0.39, 0.29) is 11.9 Å². The number of aromatic amines is 1. The molecule has 7 heteroatoms. The highest BCUT2D eigenvalue weighted by atomic mass is 32.1. The summed E-state index contributed by atoms with van der Waals surface area (Å²) < 4.78 is 20.5. The predicted molar refractivity (Wildman–Crippen MR) is 99.5 cm³/mol. The number of thiazole rings is 1. The number of hydrogen-bond acceptors (Lipinski definition) is 5. The van der Waals surface area contributed by atoms with Gasteiger partial charge in [0.2, 0.25) is 0 Å². The predicted octanol–water partition coefficient (Wildman–Crippen LogP) is 5.15. The van der Waals surface area contributed by atoms with Crippen molar-refractivity contribution in [3.05, 3.63) is 42.0 Å². The Morgan fingerprint density at radius 3 is 2.84 bits per heavy atom. The van der Waals surface area contributed by atoms with Crippen LogP contribution in [0.3, 0.4) is 0 Å². The lowest BCUT2D eigenvalue weighted by Crippen LogP contribution is -2.07. The number of anilines is 2. The highest BCUT2D eigenvalue weighted by Gasteiger charge is 2.13. The Kier molecular flexibility index (Phi) is 3.80. The maximum Gasteiger partial charge on any atom is 0.188 e. The van der Waals surface area contributed by atoms with E-state index in [4.69, 9.17) is 4.74 Å². The molecule has 2 heterocycles. The van der Waals surface area contributed by atoms with Crippen molar-refractivity contribution in [3.8, 4) is 5.75 Å². The summed E-state index contributed by atoms with van der Waals surface area (Å²) in [4.78, 5) is 12.3. The van der Waals surface area contributed by atoms with Gasteiger partial charge in [-0.05, 0) is 45.0 Å². The zero-order chi connectivity index (χ0) is 17.6. The van der Waals surface area contributed by atoms with Crippen LogP contribution in [0.15, 0.2) is 30.3 Å². The maximum atomic E-state index is 13.7. The van der Waals surface area contributed by atoms with Crippen LogP contribution in [0.1, 0.15) is 19.7 Å². The number of fused-ring (bicyclic) bond motifs is 3. The molecule has 4 aromatic rings. The standard InChI is InChI=1S/C18H17FN4OS/c1-9(2)24-14-6-4-11(19)8-13(14)22-18-23-17-15(25-18)7-5-12-16(17)21-10(3)20-12/h4-9H,1-3H3,(H,20,21)(H,22,23). The second-order valence-electron chi connectivity index (χ2n) is 6.08. The number of H-pyrrole nitrogens is 1. The average molecular weight is 356 g/mol. The molecule has 5 nitrogen and oxygen atoms in total. The van der Waals surface area contributed by atoms with Crippen molar-refractivity contribution in [2.75, 3.05) is 5.32 Å². The Bertz CT molecular complexity index is 1070. The molecule has 4 rings (SSSR count). The first-order valence-electron chi connectivity index (χ1n) is 7.98. The van der Waals surface area contributed by atoms with Crippen LogP contribution in [0.4, 0.5) is 15.2 Å². The van der Waals surface area contributed by atoms with E-state index in [9.17, 15) is 4.39 Å². The van der Waals surface area contributed by atoms with Gasteiger partial charge in [0.1, 0.15) is 22.9 Å². The first kappa shape index (κ1) is 15.8. The smallest absolute Gasteiger partial charge is 0.188 e. The minimum absolute atomic E-state index is 0.00558. The van der Waals surface area contributed by atoms with Gasteiger partial charge in [-0.2, -0.15) is 0 Å². The van der Waals surface area contributed by atoms with Crippen LogP contribution in [-0.4, -0.2) is 21.1 Å². The summed E-state index contributed by atoms with van der Waals surface area (Å²) in [6, 6.07) is 8.40. The average Bonchev–Trinajstić information content (AvgIpc) is 3.11. The molecule has 0 amide bonds. The number of benzene rings is 2. The van der Waals surface area contributed by atoms with Gasteiger partial charge < -0.3 is 15.0 Å². The van der Waals surface area contributed by atoms with E-state index in [0.717, 1.165) is 27.1 Å². The van der Waals surface area contributed by atoms with Crippen molar-refractivity contribution in [1.29, 1.82) is 0 Å². The van der Waals surface area contributed by atoms with Gasteiger partial charge in [-0.3, -0.25) is 0 Å². The fourth-order valence-corrected chi connectivity index (χ4v) is 3.60. The van der Waals surface area contributed by atoms with Crippen molar-refractivity contribution in [2.45, 2.75) is 26.9 Å². The second-order valence-corrected chi connectivity index (χ2v) is 7.11. The number of hydrogen-bond donors (Lipinski definition) is 2. The molecule has 0 aliphatic rings. The summed E-state index contributed by atoms with van der Waals surface area (Å²) in [5.41, 5.74) is 3.21. The highest BCUT2D eigenvalue weighted by Crippen LogP contribution is 2.35. The van der Waals surface area contributed by atoms with E-state index in [1.165, 1.54) is 23.5 Å². The monoisotopic (exact) mass is 356 g/mol. The van der Waals surface area contributed by atoms with Crippen LogP contribution in [-0.2, 0) is 0 Å². The normalized spacial score (nSPS) is 11.6. The van der Waals surface area contributed by atoms with E-state index < -0.39 is 0 Å². The Balaban J connectivity index is 1.76. The van der Waals surface area contributed by atoms with Crippen molar-refractivity contribution < 1.29 is 9.13 Å². The lowest BCUT2D eigenvalue weighted by Gasteiger charge is -2.14. The fraction of sp³-hybridized carbons (Fsp3) is 0.222. The van der Waals surface area contributed by atoms with Gasteiger partial charge in [0, 0.05) is 6.07 Å². The third-order valence-electron chi connectivity index (χ3n) is 3.68. The van der Waals surface area contributed by atoms with Crippen LogP contribution in [0.5, 0.6) is 5.75 Å². The van der Waals surface area contributed by atoms with Gasteiger partial charge in [0.15, 0.2) is 5.13 Å². The fourth-order valence-electron chi connectivity index (χ4n) is 2.71. The molecule has 0 spiro atoms. The van der Waals surface area contributed by atoms with Crippen molar-refractivity contribution in [1.82, 2.24) is 15.0 Å². The number of aryl methyl sites for hydroxylation is 1. The minimum atomic E-state index is -0.327. The number of ether oxygens (including phenoxy) is 1. The Morgan fingerprint density at radius 1 is 1.20 bits per heavy atom. The Hall–Kier alpha value is -2.67. The van der Waals surface area contributed by atoms with Crippen LogP contribution < -0.4 is 10.1 Å². The molecule has 25 heavy (non-hydrogen) atoms. The maximum absolute atomic E-state index is 13.7. The zero-order valence-electron chi connectivity index (χ0n) is 14.1. The van der Waals surface area contributed by atoms with Gasteiger partial charge in [0.25, 0.3) is 0 Å². The third-order valence-corrected chi connectivity index (χ3v) is 4.61. The first-order valence-corrected chi connectivity index (χ1v) is 8.80. The molecule has 2 aromatic heterocycles. The van der Waals surface area contributed by atoms with E-state index in [2.05, 4.69) is 20.3 Å². The lowest BCUT2D eigenvalue weighted by atomic mass is 10.2. The number of nitrogens with zero attached hydrogens (tertiary/aromatic N) is 2. The first-order chi connectivity index (χ1) is 12.0. The quantitative estimate of drug-likeness (QED) is 0.531. The topological polar surface area (TPSA) is 62.8 Å². The molecule has 0 aliphatic carbocycles. The Morgan fingerprint density at radius 2 is 2.04 bits per heavy atom. The zero-order valence-corrected chi connectivity index (χ0v) is 14.9. The SMILES string of the molecule is Cc1nc2ccc3sc(Nc4cc(F)ccc4OC(C)C)nc3c2[nH]1. The van der Waals surface area contributed by atoms with Gasteiger partial charge in [-0.15, -0.1) is 0 Å². The molecule has 0 atom stereocenters. The van der Waals surface area contributed by atoms with E-state index >= 15 is 0 Å². The third kappa shape index (κ3) is 3.02. The van der Waals surface area contributed by atoms with Gasteiger partial charge in [-0.25, -0.2) is 14.4 Å². The molecule has 128 valence electrons. The van der Waals surface area contributed by atoms with Gasteiger partial charge >= 0.3 is 0 Å². The highest BCUT2D eigenvalue weighted by molar-refractivity contribution is 7.22. The molecule has 0 bridgehead atoms. The summed E-state index contributed by atoms with van der Waals surface area (Å²) in [6.07, 6.45) is -0.00558. The lowest BCUT2D eigenvalue weighted by molar-refractivity contribution is 0.243. The van der Waals surface area contributed by atoms with Crippen molar-refractivity contribution >= 4 is 43.4 Å².